The molecule has 1 aliphatic rings. The molecular formula is C18H14Cl2N2O5. The molecular weight excluding hydrogens is 395 g/mol. The molecule has 2 aromatic rings. The van der Waals surface area contributed by atoms with Gasteiger partial charge in [-0.05, 0) is 30.7 Å². The molecule has 9 heteroatoms. The van der Waals surface area contributed by atoms with E-state index in [0.717, 1.165) is 0 Å². The largest absolute Gasteiger partial charge is 0.481 e. The van der Waals surface area contributed by atoms with Crippen molar-refractivity contribution in [1.82, 2.24) is 5.32 Å². The van der Waals surface area contributed by atoms with Gasteiger partial charge in [0.2, 0.25) is 0 Å². The van der Waals surface area contributed by atoms with Crippen LogP contribution in [0.2, 0.25) is 10.0 Å². The van der Waals surface area contributed by atoms with Crippen LogP contribution in [0.25, 0.3) is 0 Å². The Balaban J connectivity index is 2.04. The minimum atomic E-state index is -1.72. The lowest BCUT2D eigenvalue weighted by molar-refractivity contribution is -0.138. The second-order valence-electron chi connectivity index (χ2n) is 6.02. The predicted octanol–water partition coefficient (Wildman–Crippen LogP) is 3.22. The van der Waals surface area contributed by atoms with Crippen molar-refractivity contribution in [3.8, 4) is 0 Å². The maximum absolute atomic E-state index is 12.8. The van der Waals surface area contributed by atoms with Gasteiger partial charge >= 0.3 is 5.97 Å². The first-order valence-electron chi connectivity index (χ1n) is 7.88. The van der Waals surface area contributed by atoms with E-state index in [4.69, 9.17) is 28.3 Å². The summed E-state index contributed by atoms with van der Waals surface area (Å²) in [4.78, 5) is 36.7. The van der Waals surface area contributed by atoms with Gasteiger partial charge in [0.25, 0.3) is 11.8 Å². The van der Waals surface area contributed by atoms with E-state index in [1.165, 1.54) is 24.3 Å². The molecule has 1 heterocycles. The van der Waals surface area contributed by atoms with Crippen LogP contribution >= 0.6 is 23.2 Å². The summed E-state index contributed by atoms with van der Waals surface area (Å²) in [5.74, 6) is -2.63. The van der Waals surface area contributed by atoms with E-state index < -0.39 is 29.7 Å². The summed E-state index contributed by atoms with van der Waals surface area (Å²) in [7, 11) is 0. The van der Waals surface area contributed by atoms with E-state index in [2.05, 4.69) is 5.32 Å². The number of hydroxylamine groups is 1. The van der Waals surface area contributed by atoms with Gasteiger partial charge in [-0.2, -0.15) is 5.06 Å². The zero-order valence-corrected chi connectivity index (χ0v) is 15.3. The number of para-hydroxylation sites is 1. The van der Waals surface area contributed by atoms with Crippen LogP contribution in [-0.2, 0) is 15.1 Å². The van der Waals surface area contributed by atoms with Crippen LogP contribution in [0.3, 0.4) is 0 Å². The molecule has 140 valence electrons. The molecule has 0 aliphatic carbocycles. The van der Waals surface area contributed by atoms with Crippen molar-refractivity contribution >= 4 is 46.7 Å². The van der Waals surface area contributed by atoms with Crippen molar-refractivity contribution in [1.29, 1.82) is 0 Å². The minimum absolute atomic E-state index is 0.140. The molecule has 0 radical (unpaired) electrons. The Morgan fingerprint density at radius 3 is 2.48 bits per heavy atom. The first kappa shape index (κ1) is 19.2. The molecule has 27 heavy (non-hydrogen) atoms. The van der Waals surface area contributed by atoms with Crippen LogP contribution in [0.1, 0.15) is 28.8 Å². The Morgan fingerprint density at radius 2 is 1.81 bits per heavy atom. The highest BCUT2D eigenvalue weighted by Crippen LogP contribution is 2.42. The average molecular weight is 409 g/mol. The maximum Gasteiger partial charge on any atom is 0.303 e. The van der Waals surface area contributed by atoms with Gasteiger partial charge in [0.15, 0.2) is 0 Å². The van der Waals surface area contributed by atoms with E-state index in [9.17, 15) is 19.6 Å². The van der Waals surface area contributed by atoms with Crippen LogP contribution in [-0.4, -0.2) is 28.1 Å². The van der Waals surface area contributed by atoms with E-state index in [0.29, 0.717) is 10.6 Å². The number of nitrogens with zero attached hydrogens (tertiary/aromatic N) is 1. The molecule has 0 bridgehead atoms. The zero-order chi connectivity index (χ0) is 19.8. The summed E-state index contributed by atoms with van der Waals surface area (Å²) in [5.41, 5.74) is -1.08. The fraction of sp³-hybridized carbons (Fsp3) is 0.167. The molecule has 0 aromatic heterocycles. The Bertz CT molecular complexity index is 949. The summed E-state index contributed by atoms with van der Waals surface area (Å²) >= 11 is 11.8. The first-order chi connectivity index (χ1) is 12.8. The molecule has 0 fully saturated rings. The van der Waals surface area contributed by atoms with Crippen molar-refractivity contribution in [2.24, 2.45) is 0 Å². The molecule has 0 spiro atoms. The van der Waals surface area contributed by atoms with Gasteiger partial charge in [-0.25, -0.2) is 0 Å². The predicted molar refractivity (Wildman–Crippen MR) is 98.2 cm³/mol. The van der Waals surface area contributed by atoms with E-state index >= 15 is 0 Å². The number of anilines is 1. The minimum Gasteiger partial charge on any atom is -0.481 e. The van der Waals surface area contributed by atoms with Crippen LogP contribution < -0.4 is 10.4 Å². The van der Waals surface area contributed by atoms with Gasteiger partial charge < -0.3 is 10.4 Å². The summed E-state index contributed by atoms with van der Waals surface area (Å²) in [6.07, 6.45) is -0.627. The van der Waals surface area contributed by atoms with Crippen LogP contribution in [0.4, 0.5) is 5.69 Å². The third kappa shape index (κ3) is 3.37. The Morgan fingerprint density at radius 1 is 1.11 bits per heavy atom. The van der Waals surface area contributed by atoms with E-state index in [-0.39, 0.29) is 27.7 Å². The monoisotopic (exact) mass is 408 g/mol. The van der Waals surface area contributed by atoms with Crippen LogP contribution in [0.5, 0.6) is 0 Å². The van der Waals surface area contributed by atoms with Crippen molar-refractivity contribution < 1.29 is 24.7 Å². The second kappa shape index (κ2) is 7.19. The second-order valence-corrected chi connectivity index (χ2v) is 6.83. The first-order valence-corrected chi connectivity index (χ1v) is 8.64. The fourth-order valence-electron chi connectivity index (χ4n) is 3.05. The number of fused-ring (bicyclic) bond motifs is 1. The number of carbonyl (C=O) groups is 3. The smallest absolute Gasteiger partial charge is 0.303 e. The fourth-order valence-corrected chi connectivity index (χ4v) is 3.35. The lowest BCUT2D eigenvalue weighted by Crippen LogP contribution is -2.52. The highest BCUT2D eigenvalue weighted by atomic mass is 35.5. The lowest BCUT2D eigenvalue weighted by atomic mass is 9.86. The number of amides is 2. The molecule has 1 aliphatic heterocycles. The Labute approximate surface area is 164 Å². The molecule has 2 amide bonds. The van der Waals surface area contributed by atoms with Crippen molar-refractivity contribution in [2.75, 3.05) is 5.06 Å². The van der Waals surface area contributed by atoms with E-state index in [1.54, 1.807) is 18.2 Å². The summed E-state index contributed by atoms with van der Waals surface area (Å²) in [5, 5.41) is 22.7. The molecule has 0 saturated heterocycles. The van der Waals surface area contributed by atoms with Crippen LogP contribution in [0.15, 0.2) is 42.5 Å². The third-order valence-corrected chi connectivity index (χ3v) is 5.11. The third-order valence-electron chi connectivity index (χ3n) is 4.37. The summed E-state index contributed by atoms with van der Waals surface area (Å²) in [6, 6.07) is 10.5. The van der Waals surface area contributed by atoms with E-state index in [1.807, 2.05) is 0 Å². The lowest BCUT2D eigenvalue weighted by Gasteiger charge is -2.28. The topological polar surface area (TPSA) is 107 Å². The normalized spacial score (nSPS) is 18.3. The van der Waals surface area contributed by atoms with Gasteiger partial charge in [0.05, 0.1) is 15.7 Å². The van der Waals surface area contributed by atoms with Gasteiger partial charge in [0, 0.05) is 17.5 Å². The van der Waals surface area contributed by atoms with Crippen molar-refractivity contribution in [3.63, 3.8) is 0 Å². The zero-order valence-electron chi connectivity index (χ0n) is 13.8. The number of hydrogen-bond donors (Lipinski definition) is 3. The highest BCUT2D eigenvalue weighted by Gasteiger charge is 2.52. The number of halogens is 2. The Hall–Kier alpha value is -2.61. The number of rotatable bonds is 5. The standard InChI is InChI=1S/C18H14Cl2N2O5/c19-12-6-5-10(9-13(12)20)16(25)21-18(8-7-15(23)24)11-3-1-2-4-14(11)22(27)17(18)26/h1-6,9,27H,7-8H2,(H,21,25)(H,23,24). The average Bonchev–Trinajstić information content (AvgIpc) is 2.85. The number of hydrogen-bond acceptors (Lipinski definition) is 4. The number of benzene rings is 2. The van der Waals surface area contributed by atoms with Crippen molar-refractivity contribution in [2.45, 2.75) is 18.4 Å². The number of carbonyl (C=O) groups excluding carboxylic acids is 2. The van der Waals surface area contributed by atoms with Gasteiger partial charge in [0.1, 0.15) is 5.54 Å². The van der Waals surface area contributed by atoms with Gasteiger partial charge in [-0.15, -0.1) is 0 Å². The number of carboxylic acids is 1. The molecule has 1 unspecified atom stereocenters. The van der Waals surface area contributed by atoms with Crippen LogP contribution in [0, 0.1) is 0 Å². The highest BCUT2D eigenvalue weighted by molar-refractivity contribution is 6.42. The summed E-state index contributed by atoms with van der Waals surface area (Å²) < 4.78 is 0. The molecule has 7 nitrogen and oxygen atoms in total. The molecule has 3 rings (SSSR count). The number of carboxylic acid groups (broad SMARTS) is 1. The Kier molecular flexibility index (Phi) is 5.10. The van der Waals surface area contributed by atoms with Crippen molar-refractivity contribution in [3.05, 3.63) is 63.6 Å². The number of aliphatic carboxylic acids is 1. The van der Waals surface area contributed by atoms with Gasteiger partial charge in [-0.3, -0.25) is 19.6 Å². The molecule has 3 N–H and O–H groups in total. The summed E-state index contributed by atoms with van der Waals surface area (Å²) in [6.45, 7) is 0. The molecule has 0 saturated carbocycles. The molecule has 2 aromatic carbocycles. The quantitative estimate of drug-likeness (QED) is 0.658. The molecule has 1 atom stereocenters. The maximum atomic E-state index is 12.8. The van der Waals surface area contributed by atoms with Gasteiger partial charge in [-0.1, -0.05) is 41.4 Å². The number of nitrogens with one attached hydrogen (secondary N) is 1. The SMILES string of the molecule is O=C(O)CCC1(NC(=O)c2ccc(Cl)c(Cl)c2)C(=O)N(O)c2ccccc21.